The van der Waals surface area contributed by atoms with Crippen LogP contribution in [0.3, 0.4) is 0 Å². The topological polar surface area (TPSA) is 59.1 Å². The van der Waals surface area contributed by atoms with Crippen LogP contribution in [0.4, 0.5) is 5.69 Å². The van der Waals surface area contributed by atoms with Crippen LogP contribution in [0.5, 0.6) is 5.75 Å². The molecule has 2 aliphatic heterocycles. The maximum atomic E-state index is 12.6. The number of hydrogen-bond donors (Lipinski definition) is 0. The predicted octanol–water partition coefficient (Wildman–Crippen LogP) is 2.41. The number of aryl methyl sites for hydroxylation is 1. The highest BCUT2D eigenvalue weighted by Crippen LogP contribution is 2.32. The highest BCUT2D eigenvalue weighted by atomic mass is 16.5. The maximum Gasteiger partial charge on any atom is 0.260 e. The van der Waals surface area contributed by atoms with E-state index in [1.165, 1.54) is 0 Å². The number of carbonyl (C=O) groups excluding carboxylic acids is 2. The summed E-state index contributed by atoms with van der Waals surface area (Å²) in [5, 5.41) is 0. The van der Waals surface area contributed by atoms with E-state index in [-0.39, 0.29) is 25.0 Å². The highest BCUT2D eigenvalue weighted by Gasteiger charge is 2.46. The van der Waals surface area contributed by atoms with Gasteiger partial charge < -0.3 is 19.3 Å². The Morgan fingerprint density at radius 3 is 2.64 bits per heavy atom. The van der Waals surface area contributed by atoms with Crippen molar-refractivity contribution in [3.63, 3.8) is 0 Å². The number of para-hydroxylation sites is 2. The largest absolute Gasteiger partial charge is 0.484 e. The Balaban J connectivity index is 1.39. The number of nitrogens with zero attached hydrogens (tertiary/aromatic N) is 2. The maximum absolute atomic E-state index is 12.6. The van der Waals surface area contributed by atoms with Crippen molar-refractivity contribution in [1.82, 2.24) is 4.90 Å². The molecule has 2 saturated heterocycles. The van der Waals surface area contributed by atoms with Gasteiger partial charge in [0.25, 0.3) is 11.8 Å². The molecule has 2 heterocycles. The molecule has 0 aromatic heterocycles. The Bertz CT molecular complexity index is 870. The normalized spacial score (nSPS) is 22.0. The Hall–Kier alpha value is -2.86. The van der Waals surface area contributed by atoms with Gasteiger partial charge in [0, 0.05) is 12.2 Å². The van der Waals surface area contributed by atoms with E-state index in [2.05, 4.69) is 0 Å². The minimum Gasteiger partial charge on any atom is -0.484 e. The van der Waals surface area contributed by atoms with Crippen LogP contribution in [0.2, 0.25) is 0 Å². The molecule has 6 nitrogen and oxygen atoms in total. The number of ether oxygens (including phenoxy) is 2. The molecule has 2 amide bonds. The molecule has 0 radical (unpaired) electrons. The average molecular weight is 380 g/mol. The third-order valence-corrected chi connectivity index (χ3v) is 5.43. The lowest BCUT2D eigenvalue weighted by Gasteiger charge is -2.40. The van der Waals surface area contributed by atoms with Gasteiger partial charge in [-0.1, -0.05) is 36.4 Å². The molecule has 2 fully saturated rings. The second kappa shape index (κ2) is 7.64. The van der Waals surface area contributed by atoms with Crippen molar-refractivity contribution in [2.75, 3.05) is 37.7 Å². The zero-order valence-corrected chi connectivity index (χ0v) is 16.0. The summed E-state index contributed by atoms with van der Waals surface area (Å²) in [6.07, 6.45) is 0.708. The van der Waals surface area contributed by atoms with Gasteiger partial charge in [0.15, 0.2) is 6.61 Å². The summed E-state index contributed by atoms with van der Waals surface area (Å²) in [5.41, 5.74) is 1.35. The molecule has 1 spiro atoms. The van der Waals surface area contributed by atoms with E-state index in [1.54, 1.807) is 9.80 Å². The van der Waals surface area contributed by atoms with Crippen LogP contribution in [0.1, 0.15) is 12.0 Å². The lowest BCUT2D eigenvalue weighted by atomic mass is 10.00. The van der Waals surface area contributed by atoms with Gasteiger partial charge in [-0.05, 0) is 37.1 Å². The van der Waals surface area contributed by atoms with Crippen molar-refractivity contribution >= 4 is 17.5 Å². The third kappa shape index (κ3) is 3.73. The van der Waals surface area contributed by atoms with Crippen molar-refractivity contribution < 1.29 is 19.1 Å². The number of rotatable bonds is 4. The molecular weight excluding hydrogens is 356 g/mol. The fourth-order valence-corrected chi connectivity index (χ4v) is 3.81. The number of morpholine rings is 1. The van der Waals surface area contributed by atoms with Crippen LogP contribution in [0.15, 0.2) is 54.6 Å². The van der Waals surface area contributed by atoms with Gasteiger partial charge in [-0.3, -0.25) is 9.59 Å². The molecule has 1 unspecified atom stereocenters. The molecule has 146 valence electrons. The summed E-state index contributed by atoms with van der Waals surface area (Å²) in [4.78, 5) is 28.5. The first-order valence-electron chi connectivity index (χ1n) is 9.52. The standard InChI is InChI=1S/C22H24N2O4/c1-17-7-5-6-10-19(17)27-13-20(25)23-12-11-22(15-23)16-24(21(26)14-28-22)18-8-3-2-4-9-18/h2-10H,11-16H2,1H3. The van der Waals surface area contributed by atoms with Gasteiger partial charge in [-0.25, -0.2) is 0 Å². The number of carbonyl (C=O) groups is 2. The highest BCUT2D eigenvalue weighted by molar-refractivity contribution is 5.95. The Morgan fingerprint density at radius 2 is 1.86 bits per heavy atom. The first-order valence-corrected chi connectivity index (χ1v) is 9.52. The van der Waals surface area contributed by atoms with Gasteiger partial charge in [0.05, 0.1) is 13.1 Å². The molecule has 28 heavy (non-hydrogen) atoms. The van der Waals surface area contributed by atoms with Gasteiger partial charge in [-0.2, -0.15) is 0 Å². The van der Waals surface area contributed by atoms with Crippen LogP contribution >= 0.6 is 0 Å². The van der Waals surface area contributed by atoms with E-state index >= 15 is 0 Å². The van der Waals surface area contributed by atoms with Crippen molar-refractivity contribution in [3.05, 3.63) is 60.2 Å². The van der Waals surface area contributed by atoms with E-state index in [9.17, 15) is 9.59 Å². The first-order chi connectivity index (χ1) is 13.6. The SMILES string of the molecule is Cc1ccccc1OCC(=O)N1CCC2(C1)CN(c1ccccc1)C(=O)CO2. The van der Waals surface area contributed by atoms with E-state index < -0.39 is 5.60 Å². The lowest BCUT2D eigenvalue weighted by molar-refractivity contribution is -0.140. The summed E-state index contributed by atoms with van der Waals surface area (Å²) in [6, 6.07) is 17.2. The zero-order valence-electron chi connectivity index (χ0n) is 16.0. The van der Waals surface area contributed by atoms with Crippen molar-refractivity contribution in [2.24, 2.45) is 0 Å². The Morgan fingerprint density at radius 1 is 1.11 bits per heavy atom. The summed E-state index contributed by atoms with van der Waals surface area (Å²) in [5.74, 6) is 0.607. The first kappa shape index (κ1) is 18.5. The molecule has 4 rings (SSSR count). The van der Waals surface area contributed by atoms with E-state index in [1.807, 2.05) is 61.5 Å². The quantitative estimate of drug-likeness (QED) is 0.817. The summed E-state index contributed by atoms with van der Waals surface area (Å²) in [7, 11) is 0. The minimum atomic E-state index is -0.512. The Labute approximate surface area is 164 Å². The Kier molecular flexibility index (Phi) is 5.05. The van der Waals surface area contributed by atoms with Crippen molar-refractivity contribution in [3.8, 4) is 5.75 Å². The molecule has 1 atom stereocenters. The summed E-state index contributed by atoms with van der Waals surface area (Å²) >= 11 is 0. The molecule has 0 saturated carbocycles. The molecule has 2 aromatic rings. The third-order valence-electron chi connectivity index (χ3n) is 5.43. The fourth-order valence-electron chi connectivity index (χ4n) is 3.81. The van der Waals surface area contributed by atoms with E-state index in [0.717, 1.165) is 17.0 Å². The molecule has 2 aliphatic rings. The number of benzene rings is 2. The summed E-state index contributed by atoms with van der Waals surface area (Å²) in [6.45, 7) is 3.53. The van der Waals surface area contributed by atoms with Crippen LogP contribution in [0.25, 0.3) is 0 Å². The zero-order chi connectivity index (χ0) is 19.6. The van der Waals surface area contributed by atoms with Gasteiger partial charge in [0.2, 0.25) is 0 Å². The smallest absolute Gasteiger partial charge is 0.260 e. The van der Waals surface area contributed by atoms with Crippen molar-refractivity contribution in [1.29, 1.82) is 0 Å². The number of anilines is 1. The van der Waals surface area contributed by atoms with Crippen LogP contribution in [0, 0.1) is 6.92 Å². The van der Waals surface area contributed by atoms with Crippen LogP contribution in [-0.4, -0.2) is 55.2 Å². The van der Waals surface area contributed by atoms with Crippen LogP contribution in [-0.2, 0) is 14.3 Å². The monoisotopic (exact) mass is 380 g/mol. The molecule has 2 aromatic carbocycles. The van der Waals surface area contributed by atoms with Gasteiger partial charge >= 0.3 is 0 Å². The van der Waals surface area contributed by atoms with E-state index in [4.69, 9.17) is 9.47 Å². The molecule has 6 heteroatoms. The second-order valence-electron chi connectivity index (χ2n) is 7.41. The number of hydrogen-bond acceptors (Lipinski definition) is 4. The predicted molar refractivity (Wildman–Crippen MR) is 105 cm³/mol. The molecular formula is C22H24N2O4. The molecule has 0 aliphatic carbocycles. The van der Waals surface area contributed by atoms with Gasteiger partial charge in [-0.15, -0.1) is 0 Å². The average Bonchev–Trinajstić information content (AvgIpc) is 3.14. The molecule has 0 bridgehead atoms. The minimum absolute atomic E-state index is 0.00225. The fraction of sp³-hybridized carbons (Fsp3) is 0.364. The second-order valence-corrected chi connectivity index (χ2v) is 7.41. The van der Waals surface area contributed by atoms with Crippen molar-refractivity contribution in [2.45, 2.75) is 18.9 Å². The number of likely N-dealkylation sites (tertiary alicyclic amines) is 1. The van der Waals surface area contributed by atoms with E-state index in [0.29, 0.717) is 26.1 Å². The lowest BCUT2D eigenvalue weighted by Crippen LogP contribution is -2.56. The summed E-state index contributed by atoms with van der Waals surface area (Å²) < 4.78 is 11.6. The van der Waals surface area contributed by atoms with Crippen LogP contribution < -0.4 is 9.64 Å². The van der Waals surface area contributed by atoms with Gasteiger partial charge in [0.1, 0.15) is 18.0 Å². The molecule has 0 N–H and O–H groups in total. The number of amides is 2.